The SMILES string of the molecule is CC.COc1cccc(-c2cc(C(=O)Nc3ccc(-c4ccc(OC5CCN(C)CC5)cc4)cc3)ccc2O)c1. The van der Waals surface area contributed by atoms with Crippen LogP contribution in [0.5, 0.6) is 17.2 Å². The zero-order chi connectivity index (χ0) is 28.5. The predicted molar refractivity (Wildman–Crippen MR) is 162 cm³/mol. The van der Waals surface area contributed by atoms with Crippen molar-refractivity contribution in [1.82, 2.24) is 4.90 Å². The average molecular weight is 539 g/mol. The van der Waals surface area contributed by atoms with Crippen LogP contribution < -0.4 is 14.8 Å². The van der Waals surface area contributed by atoms with Gasteiger partial charge >= 0.3 is 0 Å². The van der Waals surface area contributed by atoms with Crippen LogP contribution in [0, 0.1) is 0 Å². The van der Waals surface area contributed by atoms with Gasteiger partial charge in [0.1, 0.15) is 23.4 Å². The highest BCUT2D eigenvalue weighted by Crippen LogP contribution is 2.32. The first-order valence-electron chi connectivity index (χ1n) is 13.8. The molecule has 6 heteroatoms. The third-order valence-electron chi connectivity index (χ3n) is 6.94. The molecule has 2 N–H and O–H groups in total. The summed E-state index contributed by atoms with van der Waals surface area (Å²) < 4.78 is 11.4. The van der Waals surface area contributed by atoms with Crippen molar-refractivity contribution in [2.45, 2.75) is 32.8 Å². The number of benzene rings is 4. The fourth-order valence-electron chi connectivity index (χ4n) is 4.67. The molecule has 40 heavy (non-hydrogen) atoms. The number of nitrogens with zero attached hydrogens (tertiary/aromatic N) is 1. The molecule has 1 saturated heterocycles. The summed E-state index contributed by atoms with van der Waals surface area (Å²) in [4.78, 5) is 15.3. The summed E-state index contributed by atoms with van der Waals surface area (Å²) in [5.41, 5.74) is 4.61. The number of amides is 1. The number of phenols is 1. The minimum Gasteiger partial charge on any atom is -0.507 e. The zero-order valence-electron chi connectivity index (χ0n) is 23.7. The Morgan fingerprint density at radius 1 is 0.825 bits per heavy atom. The fraction of sp³-hybridized carbons (Fsp3) is 0.265. The van der Waals surface area contributed by atoms with Crippen LogP contribution >= 0.6 is 0 Å². The van der Waals surface area contributed by atoms with E-state index >= 15 is 0 Å². The molecule has 0 aliphatic carbocycles. The molecular formula is C34H38N2O4. The van der Waals surface area contributed by atoms with Gasteiger partial charge in [0.2, 0.25) is 0 Å². The van der Waals surface area contributed by atoms with Crippen LogP contribution in [0.25, 0.3) is 22.3 Å². The predicted octanol–water partition coefficient (Wildman–Crippen LogP) is 7.49. The van der Waals surface area contributed by atoms with E-state index < -0.39 is 0 Å². The van der Waals surface area contributed by atoms with Gasteiger partial charge in [-0.05, 0) is 91.2 Å². The van der Waals surface area contributed by atoms with Crippen molar-refractivity contribution in [3.05, 3.63) is 96.6 Å². The Kier molecular flexibility index (Phi) is 9.81. The maximum Gasteiger partial charge on any atom is 0.255 e. The number of ether oxygens (including phenoxy) is 2. The fourth-order valence-corrected chi connectivity index (χ4v) is 4.67. The number of phenolic OH excluding ortho intramolecular Hbond substituents is 1. The molecule has 4 aromatic rings. The summed E-state index contributed by atoms with van der Waals surface area (Å²) in [5.74, 6) is 1.42. The van der Waals surface area contributed by atoms with Crippen molar-refractivity contribution in [2.75, 3.05) is 32.6 Å². The molecule has 0 aromatic heterocycles. The van der Waals surface area contributed by atoms with E-state index in [4.69, 9.17) is 9.47 Å². The van der Waals surface area contributed by atoms with Gasteiger partial charge in [-0.15, -0.1) is 0 Å². The number of anilines is 1. The minimum absolute atomic E-state index is 0.0990. The molecule has 1 fully saturated rings. The van der Waals surface area contributed by atoms with Crippen LogP contribution in [-0.2, 0) is 0 Å². The molecule has 1 aliphatic heterocycles. The third-order valence-corrected chi connectivity index (χ3v) is 6.94. The Morgan fingerprint density at radius 2 is 1.48 bits per heavy atom. The van der Waals surface area contributed by atoms with Crippen LogP contribution in [0.3, 0.4) is 0 Å². The van der Waals surface area contributed by atoms with Crippen molar-refractivity contribution in [1.29, 1.82) is 0 Å². The molecule has 4 aromatic carbocycles. The standard InChI is InChI=1S/C32H32N2O4.C2H6/c1-34-18-16-28(17-19-34)38-27-13-8-23(9-14-27)22-6-11-26(12-7-22)33-32(36)25-10-15-31(35)30(21-25)24-4-3-5-29(20-24)37-2;1-2/h3-15,20-21,28,35H,16-19H2,1-2H3,(H,33,36);1-2H3. The number of nitrogens with one attached hydrogen (secondary N) is 1. The Hall–Kier alpha value is -4.29. The van der Waals surface area contributed by atoms with Gasteiger partial charge in [0, 0.05) is 29.9 Å². The molecule has 5 rings (SSSR count). The summed E-state index contributed by atoms with van der Waals surface area (Å²) in [6, 6.07) is 28.1. The molecule has 0 spiro atoms. The van der Waals surface area contributed by atoms with E-state index in [2.05, 4.69) is 29.4 Å². The lowest BCUT2D eigenvalue weighted by molar-refractivity contribution is 0.102. The Balaban J connectivity index is 0.00000181. The molecule has 0 unspecified atom stereocenters. The molecule has 0 bridgehead atoms. The monoisotopic (exact) mass is 538 g/mol. The van der Waals surface area contributed by atoms with Gasteiger partial charge in [-0.3, -0.25) is 4.79 Å². The molecule has 1 amide bonds. The second kappa shape index (κ2) is 13.7. The van der Waals surface area contributed by atoms with Crippen molar-refractivity contribution in [3.8, 4) is 39.5 Å². The number of hydrogen-bond acceptors (Lipinski definition) is 5. The van der Waals surface area contributed by atoms with Gasteiger partial charge in [-0.25, -0.2) is 0 Å². The highest BCUT2D eigenvalue weighted by molar-refractivity contribution is 6.05. The van der Waals surface area contributed by atoms with E-state index in [1.807, 2.05) is 74.5 Å². The first-order chi connectivity index (χ1) is 19.5. The molecule has 0 atom stereocenters. The molecule has 208 valence electrons. The second-order valence-electron chi connectivity index (χ2n) is 9.64. The van der Waals surface area contributed by atoms with E-state index in [-0.39, 0.29) is 17.8 Å². The van der Waals surface area contributed by atoms with Crippen LogP contribution in [0.2, 0.25) is 0 Å². The molecule has 0 saturated carbocycles. The summed E-state index contributed by atoms with van der Waals surface area (Å²) in [7, 11) is 3.74. The van der Waals surface area contributed by atoms with E-state index in [1.54, 1.807) is 19.2 Å². The average Bonchev–Trinajstić information content (AvgIpc) is 3.00. The lowest BCUT2D eigenvalue weighted by Gasteiger charge is -2.29. The Bertz CT molecular complexity index is 1390. The van der Waals surface area contributed by atoms with E-state index in [1.165, 1.54) is 6.07 Å². The first-order valence-corrected chi connectivity index (χ1v) is 13.8. The first kappa shape index (κ1) is 28.7. The minimum atomic E-state index is -0.252. The quantitative estimate of drug-likeness (QED) is 0.255. The number of likely N-dealkylation sites (tertiary alicyclic amines) is 1. The van der Waals surface area contributed by atoms with E-state index in [9.17, 15) is 9.90 Å². The maximum atomic E-state index is 13.0. The van der Waals surface area contributed by atoms with Gasteiger partial charge in [0.05, 0.1) is 7.11 Å². The number of rotatable bonds is 7. The highest BCUT2D eigenvalue weighted by Gasteiger charge is 2.18. The van der Waals surface area contributed by atoms with Gasteiger partial charge in [0.25, 0.3) is 5.91 Å². The normalized spacial score (nSPS) is 13.6. The molecule has 1 heterocycles. The van der Waals surface area contributed by atoms with Gasteiger partial charge in [-0.2, -0.15) is 0 Å². The van der Waals surface area contributed by atoms with Crippen molar-refractivity contribution >= 4 is 11.6 Å². The van der Waals surface area contributed by atoms with Crippen molar-refractivity contribution in [3.63, 3.8) is 0 Å². The molecular weight excluding hydrogens is 500 g/mol. The Labute approximate surface area is 237 Å². The summed E-state index contributed by atoms with van der Waals surface area (Å²) in [6.07, 6.45) is 2.38. The van der Waals surface area contributed by atoms with Crippen molar-refractivity contribution < 1.29 is 19.4 Å². The number of carbonyl (C=O) groups excluding carboxylic acids is 1. The smallest absolute Gasteiger partial charge is 0.255 e. The van der Waals surface area contributed by atoms with Gasteiger partial charge in [-0.1, -0.05) is 50.2 Å². The second-order valence-corrected chi connectivity index (χ2v) is 9.64. The largest absolute Gasteiger partial charge is 0.507 e. The zero-order valence-corrected chi connectivity index (χ0v) is 23.7. The third kappa shape index (κ3) is 7.21. The molecule has 0 radical (unpaired) electrons. The van der Waals surface area contributed by atoms with E-state index in [0.29, 0.717) is 22.6 Å². The van der Waals surface area contributed by atoms with Crippen LogP contribution in [0.15, 0.2) is 91.0 Å². The van der Waals surface area contributed by atoms with Crippen LogP contribution in [0.4, 0.5) is 5.69 Å². The highest BCUT2D eigenvalue weighted by atomic mass is 16.5. The summed E-state index contributed by atoms with van der Waals surface area (Å²) in [5, 5.41) is 13.3. The molecule has 1 aliphatic rings. The van der Waals surface area contributed by atoms with Gasteiger partial charge in [0.15, 0.2) is 0 Å². The summed E-state index contributed by atoms with van der Waals surface area (Å²) in [6.45, 7) is 6.14. The molecule has 6 nitrogen and oxygen atoms in total. The van der Waals surface area contributed by atoms with Crippen molar-refractivity contribution in [2.24, 2.45) is 0 Å². The number of piperidine rings is 1. The lowest BCUT2D eigenvalue weighted by atomic mass is 10.0. The lowest BCUT2D eigenvalue weighted by Crippen LogP contribution is -2.35. The number of hydrogen-bond donors (Lipinski definition) is 2. The summed E-state index contributed by atoms with van der Waals surface area (Å²) >= 11 is 0. The van der Waals surface area contributed by atoms with E-state index in [0.717, 1.165) is 48.4 Å². The number of carbonyl (C=O) groups is 1. The van der Waals surface area contributed by atoms with Crippen LogP contribution in [-0.4, -0.2) is 49.3 Å². The van der Waals surface area contributed by atoms with Crippen LogP contribution in [0.1, 0.15) is 37.0 Å². The topological polar surface area (TPSA) is 71.0 Å². The van der Waals surface area contributed by atoms with Gasteiger partial charge < -0.3 is 24.8 Å². The Morgan fingerprint density at radius 3 is 2.12 bits per heavy atom. The number of methoxy groups -OCH3 is 1. The maximum absolute atomic E-state index is 13.0. The number of aromatic hydroxyl groups is 1.